The third-order valence-corrected chi connectivity index (χ3v) is 2.65. The first-order valence-corrected chi connectivity index (χ1v) is 4.99. The van der Waals surface area contributed by atoms with Crippen LogP contribution in [0.1, 0.15) is 5.56 Å². The highest BCUT2D eigenvalue weighted by Gasteiger charge is 2.02. The average molecular weight is 211 g/mol. The van der Waals surface area contributed by atoms with Crippen LogP contribution in [0.2, 0.25) is 0 Å². The van der Waals surface area contributed by atoms with Crippen LogP contribution in [0.4, 0.5) is 0 Å². The van der Waals surface area contributed by atoms with E-state index in [1.807, 2.05) is 31.2 Å². The van der Waals surface area contributed by atoms with Crippen LogP contribution in [0.25, 0.3) is 21.9 Å². The van der Waals surface area contributed by atoms with E-state index in [0.29, 0.717) is 5.65 Å². The molecule has 78 valence electrons. The summed E-state index contributed by atoms with van der Waals surface area (Å²) in [6.45, 7) is 2.04. The molecule has 4 heteroatoms. The van der Waals surface area contributed by atoms with Gasteiger partial charge in [0.05, 0.1) is 5.52 Å². The highest BCUT2D eigenvalue weighted by molar-refractivity contribution is 5.92. The van der Waals surface area contributed by atoms with Gasteiger partial charge in [0, 0.05) is 17.0 Å². The third kappa shape index (κ3) is 1.27. The van der Waals surface area contributed by atoms with E-state index in [4.69, 9.17) is 0 Å². The normalized spacial score (nSPS) is 11.1. The maximum absolute atomic E-state index is 11.1. The van der Waals surface area contributed by atoms with Crippen molar-refractivity contribution < 1.29 is 0 Å². The topological polar surface area (TPSA) is 58.6 Å². The largest absolute Gasteiger partial charge is 0.346 e. The van der Waals surface area contributed by atoms with E-state index in [-0.39, 0.29) is 5.69 Å². The molecule has 2 aromatic heterocycles. The van der Waals surface area contributed by atoms with Crippen LogP contribution in [0, 0.1) is 6.92 Å². The Morgan fingerprint density at radius 1 is 1.31 bits per heavy atom. The molecule has 16 heavy (non-hydrogen) atoms. The van der Waals surface area contributed by atoms with E-state index in [1.165, 1.54) is 0 Å². The summed E-state index contributed by atoms with van der Waals surface area (Å²) in [6, 6.07) is 7.92. The van der Waals surface area contributed by atoms with Crippen molar-refractivity contribution in [3.05, 3.63) is 46.5 Å². The van der Waals surface area contributed by atoms with E-state index in [2.05, 4.69) is 15.0 Å². The van der Waals surface area contributed by atoms with Gasteiger partial charge >= 0.3 is 5.69 Å². The van der Waals surface area contributed by atoms with Gasteiger partial charge in [-0.15, -0.1) is 0 Å². The lowest BCUT2D eigenvalue weighted by atomic mass is 10.1. The molecule has 0 aliphatic carbocycles. The van der Waals surface area contributed by atoms with Gasteiger partial charge in [-0.05, 0) is 24.6 Å². The van der Waals surface area contributed by atoms with Gasteiger partial charge in [-0.25, -0.2) is 14.8 Å². The van der Waals surface area contributed by atoms with Crippen LogP contribution in [0.5, 0.6) is 0 Å². The quantitative estimate of drug-likeness (QED) is 0.576. The monoisotopic (exact) mass is 211 g/mol. The number of aryl methyl sites for hydroxylation is 1. The number of pyridine rings is 1. The van der Waals surface area contributed by atoms with Gasteiger partial charge < -0.3 is 0 Å². The number of hydrogen-bond donors (Lipinski definition) is 1. The second-order valence-electron chi connectivity index (χ2n) is 3.76. The standard InChI is InChI=1S/C12H9N3O/c1-7-3-2-4-10-9(7)5-8-6-13-12(16)15-11(8)14-10/h2-6H,1H3,(H,13,14,15,16). The van der Waals surface area contributed by atoms with Gasteiger partial charge in [-0.3, -0.25) is 4.98 Å². The first kappa shape index (κ1) is 9.03. The van der Waals surface area contributed by atoms with Crippen molar-refractivity contribution in [2.45, 2.75) is 6.92 Å². The van der Waals surface area contributed by atoms with Gasteiger partial charge in [0.1, 0.15) is 5.65 Å². The highest BCUT2D eigenvalue weighted by atomic mass is 16.1. The molecule has 0 spiro atoms. The smallest absolute Gasteiger partial charge is 0.290 e. The molecular formula is C12H9N3O. The molecule has 0 unspecified atom stereocenters. The number of fused-ring (bicyclic) bond motifs is 2. The summed E-state index contributed by atoms with van der Waals surface area (Å²) in [5.74, 6) is 0. The number of nitrogens with one attached hydrogen (secondary N) is 1. The van der Waals surface area contributed by atoms with Gasteiger partial charge in [0.2, 0.25) is 0 Å². The lowest BCUT2D eigenvalue weighted by Crippen LogP contribution is -2.09. The first-order valence-electron chi connectivity index (χ1n) is 4.99. The summed E-state index contributed by atoms with van der Waals surface area (Å²) in [6.07, 6.45) is 1.55. The second-order valence-corrected chi connectivity index (χ2v) is 3.76. The molecule has 0 saturated heterocycles. The molecule has 0 aliphatic rings. The Balaban J connectivity index is 2.53. The molecule has 3 aromatic rings. The molecule has 0 saturated carbocycles. The molecule has 3 rings (SSSR count). The molecule has 0 aliphatic heterocycles. The summed E-state index contributed by atoms with van der Waals surface area (Å²) >= 11 is 0. The van der Waals surface area contributed by atoms with Gasteiger partial charge in [0.25, 0.3) is 0 Å². The van der Waals surface area contributed by atoms with Crippen LogP contribution in [0.3, 0.4) is 0 Å². The van der Waals surface area contributed by atoms with E-state index < -0.39 is 0 Å². The molecule has 0 radical (unpaired) electrons. The van der Waals surface area contributed by atoms with Gasteiger partial charge in [-0.2, -0.15) is 0 Å². The van der Waals surface area contributed by atoms with Gasteiger partial charge in [0.15, 0.2) is 0 Å². The Morgan fingerprint density at radius 3 is 3.06 bits per heavy atom. The Labute approximate surface area is 91.0 Å². The van der Waals surface area contributed by atoms with Crippen LogP contribution in [-0.4, -0.2) is 15.0 Å². The third-order valence-electron chi connectivity index (χ3n) is 2.65. The fourth-order valence-electron chi connectivity index (χ4n) is 1.82. The van der Waals surface area contributed by atoms with Crippen LogP contribution < -0.4 is 5.69 Å². The maximum Gasteiger partial charge on any atom is 0.346 e. The zero-order valence-electron chi connectivity index (χ0n) is 8.69. The molecule has 4 nitrogen and oxygen atoms in total. The Bertz CT molecular complexity index is 746. The van der Waals surface area contributed by atoms with Crippen LogP contribution in [-0.2, 0) is 0 Å². The van der Waals surface area contributed by atoms with Crippen molar-refractivity contribution in [1.29, 1.82) is 0 Å². The molecular weight excluding hydrogens is 202 g/mol. The second kappa shape index (κ2) is 3.13. The van der Waals surface area contributed by atoms with Crippen LogP contribution in [0.15, 0.2) is 35.3 Å². The van der Waals surface area contributed by atoms with Gasteiger partial charge in [-0.1, -0.05) is 12.1 Å². The molecule has 1 N–H and O–H groups in total. The van der Waals surface area contributed by atoms with Crippen molar-refractivity contribution >= 4 is 21.9 Å². The number of aromatic amines is 1. The molecule has 0 amide bonds. The summed E-state index contributed by atoms with van der Waals surface area (Å²) in [7, 11) is 0. The minimum Gasteiger partial charge on any atom is -0.290 e. The Hall–Kier alpha value is -2.23. The van der Waals surface area contributed by atoms with Crippen molar-refractivity contribution in [1.82, 2.24) is 15.0 Å². The fraction of sp³-hybridized carbons (Fsp3) is 0.0833. The maximum atomic E-state index is 11.1. The van der Waals surface area contributed by atoms with E-state index >= 15 is 0 Å². The molecule has 0 bridgehead atoms. The molecule has 1 aromatic carbocycles. The zero-order chi connectivity index (χ0) is 11.1. The minimum atomic E-state index is -0.369. The number of aromatic nitrogens is 3. The lowest BCUT2D eigenvalue weighted by Gasteiger charge is -2.02. The molecule has 2 heterocycles. The number of H-pyrrole nitrogens is 1. The summed E-state index contributed by atoms with van der Waals surface area (Å²) in [5.41, 5.74) is 2.26. The summed E-state index contributed by atoms with van der Waals surface area (Å²) in [5, 5.41) is 1.94. The number of rotatable bonds is 0. The van der Waals surface area contributed by atoms with E-state index in [0.717, 1.165) is 21.9 Å². The number of nitrogens with zero attached hydrogens (tertiary/aromatic N) is 2. The van der Waals surface area contributed by atoms with Crippen LogP contribution >= 0.6 is 0 Å². The SMILES string of the molecule is Cc1cccc2nc3[nH]c(=O)ncc3cc12. The first-order chi connectivity index (χ1) is 7.74. The van der Waals surface area contributed by atoms with Crippen molar-refractivity contribution in [3.63, 3.8) is 0 Å². The fourth-order valence-corrected chi connectivity index (χ4v) is 1.82. The zero-order valence-corrected chi connectivity index (χ0v) is 8.69. The van der Waals surface area contributed by atoms with E-state index in [1.54, 1.807) is 6.20 Å². The Kier molecular flexibility index (Phi) is 1.77. The summed E-state index contributed by atoms with van der Waals surface area (Å²) < 4.78 is 0. The van der Waals surface area contributed by atoms with Crippen molar-refractivity contribution in [2.24, 2.45) is 0 Å². The Morgan fingerprint density at radius 2 is 2.19 bits per heavy atom. The molecule has 0 atom stereocenters. The highest BCUT2D eigenvalue weighted by Crippen LogP contribution is 2.19. The number of hydrogen-bond acceptors (Lipinski definition) is 3. The summed E-state index contributed by atoms with van der Waals surface area (Å²) in [4.78, 5) is 21.8. The predicted octanol–water partition coefficient (Wildman–Crippen LogP) is 1.78. The predicted molar refractivity (Wildman–Crippen MR) is 62.4 cm³/mol. The van der Waals surface area contributed by atoms with Crippen molar-refractivity contribution in [3.8, 4) is 0 Å². The van der Waals surface area contributed by atoms with E-state index in [9.17, 15) is 4.79 Å². The average Bonchev–Trinajstić information content (AvgIpc) is 2.27. The molecule has 0 fully saturated rings. The number of benzene rings is 1. The van der Waals surface area contributed by atoms with Crippen molar-refractivity contribution in [2.75, 3.05) is 0 Å². The minimum absolute atomic E-state index is 0.369. The lowest BCUT2D eigenvalue weighted by molar-refractivity contribution is 1.10.